The first kappa shape index (κ1) is 17.9. The molecule has 3 aromatic rings. The molecule has 1 heterocycles. The summed E-state index contributed by atoms with van der Waals surface area (Å²) in [5, 5.41) is 7.52. The molecular weight excluding hydrogens is 350 g/mol. The Kier molecular flexibility index (Phi) is 5.19. The molecule has 1 N–H and O–H groups in total. The van der Waals surface area contributed by atoms with E-state index in [1.807, 2.05) is 13.0 Å². The number of ketones is 1. The molecule has 0 bridgehead atoms. The first-order valence-corrected chi connectivity index (χ1v) is 8.62. The standard InChI is InChI=1S/C20H18ClN3O2/c1-3-24-12-17(13(2)23-24)20(26)22-18-10-9-15(21)11-16(18)19(25)14-7-5-4-6-8-14/h4-12H,3H2,1-2H3,(H,22,26). The third-order valence-corrected chi connectivity index (χ3v) is 4.26. The van der Waals surface area contributed by atoms with Crippen molar-refractivity contribution in [3.05, 3.63) is 82.1 Å². The Morgan fingerprint density at radius 1 is 1.12 bits per heavy atom. The topological polar surface area (TPSA) is 64.0 Å². The van der Waals surface area contributed by atoms with Crippen molar-refractivity contribution in [2.24, 2.45) is 0 Å². The third-order valence-electron chi connectivity index (χ3n) is 4.03. The van der Waals surface area contributed by atoms with Crippen LogP contribution in [0, 0.1) is 6.92 Å². The number of anilines is 1. The average molecular weight is 368 g/mol. The molecule has 0 fully saturated rings. The second kappa shape index (κ2) is 7.54. The molecule has 0 saturated carbocycles. The second-order valence-corrected chi connectivity index (χ2v) is 6.26. The van der Waals surface area contributed by atoms with Gasteiger partial charge in [-0.3, -0.25) is 14.3 Å². The number of hydrogen-bond acceptors (Lipinski definition) is 3. The minimum absolute atomic E-state index is 0.204. The van der Waals surface area contributed by atoms with Gasteiger partial charge in [-0.05, 0) is 32.0 Å². The van der Waals surface area contributed by atoms with Crippen molar-refractivity contribution in [2.75, 3.05) is 5.32 Å². The normalized spacial score (nSPS) is 10.6. The number of carbonyl (C=O) groups is 2. The SMILES string of the molecule is CCn1cc(C(=O)Nc2ccc(Cl)cc2C(=O)c2ccccc2)c(C)n1. The number of rotatable bonds is 5. The number of aryl methyl sites for hydroxylation is 2. The van der Waals surface area contributed by atoms with Crippen molar-refractivity contribution in [2.45, 2.75) is 20.4 Å². The van der Waals surface area contributed by atoms with Crippen LogP contribution in [0.15, 0.2) is 54.7 Å². The highest BCUT2D eigenvalue weighted by atomic mass is 35.5. The number of carbonyl (C=O) groups excluding carboxylic acids is 2. The molecule has 0 unspecified atom stereocenters. The number of aromatic nitrogens is 2. The highest BCUT2D eigenvalue weighted by Gasteiger charge is 2.18. The number of halogens is 1. The van der Waals surface area contributed by atoms with Crippen molar-refractivity contribution in [3.8, 4) is 0 Å². The van der Waals surface area contributed by atoms with Crippen molar-refractivity contribution in [3.63, 3.8) is 0 Å². The Morgan fingerprint density at radius 2 is 1.85 bits per heavy atom. The summed E-state index contributed by atoms with van der Waals surface area (Å²) in [7, 11) is 0. The molecule has 0 aliphatic rings. The second-order valence-electron chi connectivity index (χ2n) is 5.82. The molecule has 0 aliphatic carbocycles. The predicted molar refractivity (Wildman–Crippen MR) is 102 cm³/mol. The molecule has 3 rings (SSSR count). The van der Waals surface area contributed by atoms with Gasteiger partial charge in [-0.1, -0.05) is 41.9 Å². The molecule has 0 saturated heterocycles. The molecule has 26 heavy (non-hydrogen) atoms. The predicted octanol–water partition coefficient (Wildman–Crippen LogP) is 4.35. The Labute approximate surface area is 156 Å². The van der Waals surface area contributed by atoms with Crippen molar-refractivity contribution in [1.82, 2.24) is 9.78 Å². The molecule has 132 valence electrons. The lowest BCUT2D eigenvalue weighted by Gasteiger charge is -2.11. The van der Waals surface area contributed by atoms with Crippen LogP contribution in [0.5, 0.6) is 0 Å². The molecule has 5 nitrogen and oxygen atoms in total. The minimum atomic E-state index is -0.313. The zero-order chi connectivity index (χ0) is 18.7. The summed E-state index contributed by atoms with van der Waals surface area (Å²) in [6, 6.07) is 13.7. The van der Waals surface area contributed by atoms with Crippen LogP contribution in [0.1, 0.15) is 38.9 Å². The van der Waals surface area contributed by atoms with Gasteiger partial charge in [0.15, 0.2) is 5.78 Å². The first-order chi connectivity index (χ1) is 12.5. The van der Waals surface area contributed by atoms with Crippen LogP contribution in [0.4, 0.5) is 5.69 Å². The van der Waals surface area contributed by atoms with Crippen LogP contribution >= 0.6 is 11.6 Å². The van der Waals surface area contributed by atoms with Gasteiger partial charge in [0.1, 0.15) is 0 Å². The van der Waals surface area contributed by atoms with Gasteiger partial charge in [0.2, 0.25) is 0 Å². The van der Waals surface area contributed by atoms with Gasteiger partial charge < -0.3 is 5.32 Å². The van der Waals surface area contributed by atoms with Crippen LogP contribution in [-0.4, -0.2) is 21.5 Å². The molecule has 0 radical (unpaired) electrons. The molecule has 0 atom stereocenters. The van der Waals surface area contributed by atoms with Gasteiger partial charge in [-0.2, -0.15) is 5.10 Å². The maximum Gasteiger partial charge on any atom is 0.259 e. The van der Waals surface area contributed by atoms with Crippen LogP contribution in [0.2, 0.25) is 5.02 Å². The van der Waals surface area contributed by atoms with Gasteiger partial charge in [0, 0.05) is 28.9 Å². The number of nitrogens with one attached hydrogen (secondary N) is 1. The number of amides is 1. The maximum atomic E-state index is 12.8. The summed E-state index contributed by atoms with van der Waals surface area (Å²) in [5.74, 6) is -0.518. The van der Waals surface area contributed by atoms with E-state index in [2.05, 4.69) is 10.4 Å². The van der Waals surface area contributed by atoms with Gasteiger partial charge in [0.25, 0.3) is 5.91 Å². The number of hydrogen-bond donors (Lipinski definition) is 1. The lowest BCUT2D eigenvalue weighted by atomic mass is 10.0. The summed E-state index contributed by atoms with van der Waals surface area (Å²) in [4.78, 5) is 25.5. The van der Waals surface area contributed by atoms with E-state index in [0.717, 1.165) is 0 Å². The smallest absolute Gasteiger partial charge is 0.259 e. The molecule has 2 aromatic carbocycles. The minimum Gasteiger partial charge on any atom is -0.321 e. The maximum absolute atomic E-state index is 12.8. The number of benzene rings is 2. The third kappa shape index (κ3) is 3.68. The van der Waals surface area contributed by atoms with E-state index in [0.29, 0.717) is 39.6 Å². The van der Waals surface area contributed by atoms with Crippen LogP contribution in [-0.2, 0) is 6.54 Å². The van der Waals surface area contributed by atoms with Crippen LogP contribution < -0.4 is 5.32 Å². The van der Waals surface area contributed by atoms with Crippen LogP contribution in [0.25, 0.3) is 0 Å². The van der Waals surface area contributed by atoms with E-state index >= 15 is 0 Å². The van der Waals surface area contributed by atoms with E-state index < -0.39 is 0 Å². The lowest BCUT2D eigenvalue weighted by molar-refractivity contribution is 0.102. The zero-order valence-corrected chi connectivity index (χ0v) is 15.2. The summed E-state index contributed by atoms with van der Waals surface area (Å²) in [6.07, 6.45) is 1.69. The van der Waals surface area contributed by atoms with Crippen molar-refractivity contribution >= 4 is 29.0 Å². The fraction of sp³-hybridized carbons (Fsp3) is 0.150. The van der Waals surface area contributed by atoms with E-state index in [4.69, 9.17) is 11.6 Å². The fourth-order valence-corrected chi connectivity index (χ4v) is 2.82. The highest BCUT2D eigenvalue weighted by molar-refractivity contribution is 6.31. The Balaban J connectivity index is 1.94. The summed E-state index contributed by atoms with van der Waals surface area (Å²) < 4.78 is 1.70. The average Bonchev–Trinajstić information content (AvgIpc) is 3.04. The molecule has 1 amide bonds. The summed E-state index contributed by atoms with van der Waals surface area (Å²) >= 11 is 6.07. The van der Waals surface area contributed by atoms with E-state index in [9.17, 15) is 9.59 Å². The quantitative estimate of drug-likeness (QED) is 0.682. The van der Waals surface area contributed by atoms with Crippen molar-refractivity contribution in [1.29, 1.82) is 0 Å². The fourth-order valence-electron chi connectivity index (χ4n) is 2.65. The molecule has 0 spiro atoms. The van der Waals surface area contributed by atoms with E-state index in [1.54, 1.807) is 60.3 Å². The Hall–Kier alpha value is -2.92. The summed E-state index contributed by atoms with van der Waals surface area (Å²) in [6.45, 7) is 4.40. The van der Waals surface area contributed by atoms with E-state index in [-0.39, 0.29) is 11.7 Å². The van der Waals surface area contributed by atoms with Gasteiger partial charge in [-0.25, -0.2) is 0 Å². The molecule has 0 aliphatic heterocycles. The molecule has 6 heteroatoms. The number of nitrogens with zero attached hydrogens (tertiary/aromatic N) is 2. The zero-order valence-electron chi connectivity index (χ0n) is 14.5. The molecular formula is C20H18ClN3O2. The first-order valence-electron chi connectivity index (χ1n) is 8.24. The molecule has 1 aromatic heterocycles. The largest absolute Gasteiger partial charge is 0.321 e. The van der Waals surface area contributed by atoms with Crippen molar-refractivity contribution < 1.29 is 9.59 Å². The monoisotopic (exact) mass is 367 g/mol. The van der Waals surface area contributed by atoms with Gasteiger partial charge in [0.05, 0.1) is 16.9 Å². The van der Waals surface area contributed by atoms with Gasteiger partial charge >= 0.3 is 0 Å². The lowest BCUT2D eigenvalue weighted by Crippen LogP contribution is -2.15. The Bertz CT molecular complexity index is 964. The van der Waals surface area contributed by atoms with E-state index in [1.165, 1.54) is 0 Å². The summed E-state index contributed by atoms with van der Waals surface area (Å²) in [5.41, 5.74) is 2.39. The van der Waals surface area contributed by atoms with Gasteiger partial charge in [-0.15, -0.1) is 0 Å². The van der Waals surface area contributed by atoms with Crippen LogP contribution in [0.3, 0.4) is 0 Å². The highest BCUT2D eigenvalue weighted by Crippen LogP contribution is 2.24. The Morgan fingerprint density at radius 3 is 2.50 bits per heavy atom.